The van der Waals surface area contributed by atoms with Crippen molar-refractivity contribution in [1.82, 2.24) is 4.90 Å². The number of piperazine rings is 1. The van der Waals surface area contributed by atoms with Crippen molar-refractivity contribution in [2.24, 2.45) is 0 Å². The Kier molecular flexibility index (Phi) is 6.01. The van der Waals surface area contributed by atoms with E-state index in [1.54, 1.807) is 30.3 Å². The first-order valence-electron chi connectivity index (χ1n) is 8.46. The van der Waals surface area contributed by atoms with Gasteiger partial charge in [0.15, 0.2) is 0 Å². The molecule has 1 aliphatic heterocycles. The van der Waals surface area contributed by atoms with E-state index in [1.807, 2.05) is 17.9 Å². The zero-order chi connectivity index (χ0) is 18.7. The highest BCUT2D eigenvalue weighted by atomic mass is 35.5. The molecule has 1 aliphatic rings. The second-order valence-corrected chi connectivity index (χ2v) is 7.03. The average molecular weight is 396 g/mol. The van der Waals surface area contributed by atoms with Crippen molar-refractivity contribution in [3.05, 3.63) is 58.3 Å². The van der Waals surface area contributed by atoms with Crippen LogP contribution in [0, 0.1) is 5.82 Å². The van der Waals surface area contributed by atoms with Crippen LogP contribution in [0.5, 0.6) is 0 Å². The fraction of sp³-hybridized carbons (Fsp3) is 0.316. The predicted molar refractivity (Wildman–Crippen MR) is 105 cm³/mol. The van der Waals surface area contributed by atoms with Crippen LogP contribution >= 0.6 is 23.2 Å². The van der Waals surface area contributed by atoms with E-state index in [2.05, 4.69) is 10.2 Å². The van der Waals surface area contributed by atoms with E-state index in [1.165, 1.54) is 6.07 Å². The van der Waals surface area contributed by atoms with Crippen molar-refractivity contribution < 1.29 is 9.18 Å². The highest BCUT2D eigenvalue weighted by molar-refractivity contribution is 6.44. The number of halogens is 3. The van der Waals surface area contributed by atoms with E-state index < -0.39 is 0 Å². The third-order valence-corrected chi connectivity index (χ3v) is 5.46. The molecule has 26 heavy (non-hydrogen) atoms. The minimum absolute atomic E-state index is 0.145. The smallest absolute Gasteiger partial charge is 0.241 e. The number of rotatable bonds is 4. The van der Waals surface area contributed by atoms with Crippen LogP contribution in [0.2, 0.25) is 10.0 Å². The van der Waals surface area contributed by atoms with Gasteiger partial charge in [0.1, 0.15) is 5.82 Å². The molecule has 138 valence electrons. The van der Waals surface area contributed by atoms with Gasteiger partial charge in [-0.05, 0) is 31.2 Å². The Morgan fingerprint density at radius 1 is 1.08 bits per heavy atom. The molecule has 0 bridgehead atoms. The second kappa shape index (κ2) is 8.25. The Morgan fingerprint density at radius 2 is 1.77 bits per heavy atom. The van der Waals surface area contributed by atoms with E-state index in [0.717, 1.165) is 0 Å². The lowest BCUT2D eigenvalue weighted by Gasteiger charge is -2.38. The molecule has 1 saturated heterocycles. The second-order valence-electron chi connectivity index (χ2n) is 6.24. The first-order valence-corrected chi connectivity index (χ1v) is 9.21. The zero-order valence-corrected chi connectivity index (χ0v) is 15.9. The van der Waals surface area contributed by atoms with Crippen molar-refractivity contribution in [2.75, 3.05) is 36.4 Å². The monoisotopic (exact) mass is 395 g/mol. The van der Waals surface area contributed by atoms with E-state index in [0.29, 0.717) is 47.6 Å². The summed E-state index contributed by atoms with van der Waals surface area (Å²) in [4.78, 5) is 16.6. The van der Waals surface area contributed by atoms with E-state index in [9.17, 15) is 9.18 Å². The molecule has 3 rings (SSSR count). The fourth-order valence-corrected chi connectivity index (χ4v) is 3.41. The van der Waals surface area contributed by atoms with E-state index in [-0.39, 0.29) is 17.8 Å². The molecular formula is C19H20Cl2FN3O. The SMILES string of the molecule is CC(C(=O)Nc1cccc(Cl)c1Cl)N1CCN(c2ccccc2F)CC1. The fourth-order valence-electron chi connectivity index (χ4n) is 3.06. The van der Waals surface area contributed by atoms with Crippen LogP contribution in [0.25, 0.3) is 0 Å². The number of carbonyl (C=O) groups is 1. The maximum atomic E-state index is 13.9. The Hall–Kier alpha value is -1.82. The van der Waals surface area contributed by atoms with Crippen molar-refractivity contribution in [3.8, 4) is 0 Å². The van der Waals surface area contributed by atoms with E-state index >= 15 is 0 Å². The summed E-state index contributed by atoms with van der Waals surface area (Å²) in [6.45, 7) is 4.53. The van der Waals surface area contributed by atoms with Crippen molar-refractivity contribution in [1.29, 1.82) is 0 Å². The molecule has 1 fully saturated rings. The molecule has 7 heteroatoms. The molecule has 0 saturated carbocycles. The van der Waals surface area contributed by atoms with Crippen LogP contribution in [-0.2, 0) is 4.79 Å². The largest absolute Gasteiger partial charge is 0.367 e. The lowest BCUT2D eigenvalue weighted by Crippen LogP contribution is -2.53. The Morgan fingerprint density at radius 3 is 2.46 bits per heavy atom. The normalized spacial score (nSPS) is 16.4. The molecule has 0 aromatic heterocycles. The quantitative estimate of drug-likeness (QED) is 0.838. The first kappa shape index (κ1) is 19.0. The summed E-state index contributed by atoms with van der Waals surface area (Å²) in [6.07, 6.45) is 0. The number of hydrogen-bond acceptors (Lipinski definition) is 3. The van der Waals surface area contributed by atoms with Crippen LogP contribution in [-0.4, -0.2) is 43.0 Å². The molecule has 1 heterocycles. The van der Waals surface area contributed by atoms with Crippen molar-refractivity contribution in [2.45, 2.75) is 13.0 Å². The van der Waals surface area contributed by atoms with Crippen molar-refractivity contribution >= 4 is 40.5 Å². The van der Waals surface area contributed by atoms with Gasteiger partial charge in [-0.2, -0.15) is 0 Å². The minimum atomic E-state index is -0.326. The van der Waals surface area contributed by atoms with Crippen LogP contribution in [0.4, 0.5) is 15.8 Å². The summed E-state index contributed by atoms with van der Waals surface area (Å²) in [6, 6.07) is 11.6. The molecule has 1 unspecified atom stereocenters. The highest BCUT2D eigenvalue weighted by Crippen LogP contribution is 2.29. The zero-order valence-electron chi connectivity index (χ0n) is 14.4. The third-order valence-electron chi connectivity index (χ3n) is 4.64. The number of para-hydroxylation sites is 1. The van der Waals surface area contributed by atoms with Gasteiger partial charge in [0, 0.05) is 26.2 Å². The number of nitrogens with zero attached hydrogens (tertiary/aromatic N) is 2. The van der Waals surface area contributed by atoms with Crippen LogP contribution < -0.4 is 10.2 Å². The van der Waals surface area contributed by atoms with Gasteiger partial charge >= 0.3 is 0 Å². The topological polar surface area (TPSA) is 35.6 Å². The van der Waals surface area contributed by atoms with E-state index in [4.69, 9.17) is 23.2 Å². The molecule has 1 atom stereocenters. The molecular weight excluding hydrogens is 376 g/mol. The summed E-state index contributed by atoms with van der Waals surface area (Å²) >= 11 is 12.1. The van der Waals surface area contributed by atoms with Gasteiger partial charge in [-0.25, -0.2) is 4.39 Å². The van der Waals surface area contributed by atoms with Gasteiger partial charge in [0.2, 0.25) is 5.91 Å². The number of nitrogens with one attached hydrogen (secondary N) is 1. The molecule has 2 aromatic carbocycles. The molecule has 2 aromatic rings. The molecule has 1 N–H and O–H groups in total. The predicted octanol–water partition coefficient (Wildman–Crippen LogP) is 4.28. The minimum Gasteiger partial charge on any atom is -0.367 e. The molecule has 1 amide bonds. The first-order chi connectivity index (χ1) is 12.5. The maximum absolute atomic E-state index is 13.9. The molecule has 0 spiro atoms. The molecule has 0 radical (unpaired) electrons. The number of benzene rings is 2. The Bertz CT molecular complexity index is 794. The highest BCUT2D eigenvalue weighted by Gasteiger charge is 2.27. The van der Waals surface area contributed by atoms with Crippen LogP contribution in [0.1, 0.15) is 6.92 Å². The molecule has 4 nitrogen and oxygen atoms in total. The van der Waals surface area contributed by atoms with Gasteiger partial charge in [0.25, 0.3) is 0 Å². The lowest BCUT2D eigenvalue weighted by molar-refractivity contribution is -0.120. The van der Waals surface area contributed by atoms with Gasteiger partial charge in [-0.3, -0.25) is 9.69 Å². The van der Waals surface area contributed by atoms with Gasteiger partial charge in [0.05, 0.1) is 27.5 Å². The standard InChI is InChI=1S/C19H20Cl2FN3O/c1-13(19(26)23-16-7-4-5-14(20)18(16)21)24-9-11-25(12-10-24)17-8-3-2-6-15(17)22/h2-8,13H,9-12H2,1H3,(H,23,26). The number of amides is 1. The van der Waals surface area contributed by atoms with Gasteiger partial charge < -0.3 is 10.2 Å². The number of hydrogen-bond donors (Lipinski definition) is 1. The van der Waals surface area contributed by atoms with Gasteiger partial charge in [-0.1, -0.05) is 41.4 Å². The summed E-state index contributed by atoms with van der Waals surface area (Å²) < 4.78 is 13.9. The molecule has 0 aliphatic carbocycles. The number of anilines is 2. The van der Waals surface area contributed by atoms with Gasteiger partial charge in [-0.15, -0.1) is 0 Å². The summed E-state index contributed by atoms with van der Waals surface area (Å²) in [7, 11) is 0. The summed E-state index contributed by atoms with van der Waals surface area (Å²) in [5, 5.41) is 3.56. The lowest BCUT2D eigenvalue weighted by atomic mass is 10.2. The number of carbonyl (C=O) groups excluding carboxylic acids is 1. The maximum Gasteiger partial charge on any atom is 0.241 e. The summed E-state index contributed by atoms with van der Waals surface area (Å²) in [5.74, 6) is -0.365. The van der Waals surface area contributed by atoms with Crippen LogP contribution in [0.15, 0.2) is 42.5 Å². The van der Waals surface area contributed by atoms with Crippen LogP contribution in [0.3, 0.4) is 0 Å². The third kappa shape index (κ3) is 4.11. The Balaban J connectivity index is 1.59. The summed E-state index contributed by atoms with van der Waals surface area (Å²) in [5.41, 5.74) is 1.11. The van der Waals surface area contributed by atoms with Crippen molar-refractivity contribution in [3.63, 3.8) is 0 Å². The Labute approximate surface area is 162 Å². The average Bonchev–Trinajstić information content (AvgIpc) is 2.65.